The topological polar surface area (TPSA) is 63.1 Å². The van der Waals surface area contributed by atoms with E-state index in [1.165, 1.54) is 0 Å². The van der Waals surface area contributed by atoms with Crippen molar-refractivity contribution in [3.8, 4) is 5.82 Å². The largest absolute Gasteiger partial charge is 0.352 e. The molecular formula is C19H22BrN5O. The fourth-order valence-electron chi connectivity index (χ4n) is 2.83. The lowest BCUT2D eigenvalue weighted by atomic mass is 10.2. The molecule has 0 aliphatic rings. The Kier molecular flexibility index (Phi) is 5.68. The molecule has 0 unspecified atom stereocenters. The van der Waals surface area contributed by atoms with E-state index in [1.54, 1.807) is 6.20 Å². The maximum absolute atomic E-state index is 12.4. The zero-order chi connectivity index (χ0) is 18.7. The molecule has 26 heavy (non-hydrogen) atoms. The third-order valence-corrected chi connectivity index (χ3v) is 4.56. The molecule has 0 spiro atoms. The van der Waals surface area contributed by atoms with Crippen molar-refractivity contribution in [3.63, 3.8) is 0 Å². The molecule has 0 aliphatic heterocycles. The molecule has 1 amide bonds. The average Bonchev–Trinajstić information content (AvgIpc) is 2.94. The maximum atomic E-state index is 12.4. The molecule has 0 aliphatic carbocycles. The lowest BCUT2D eigenvalue weighted by Gasteiger charge is -2.10. The van der Waals surface area contributed by atoms with Gasteiger partial charge in [0.05, 0.1) is 11.0 Å². The minimum atomic E-state index is -0.0698. The van der Waals surface area contributed by atoms with Crippen LogP contribution in [0.2, 0.25) is 0 Å². The van der Waals surface area contributed by atoms with E-state index in [2.05, 4.69) is 36.1 Å². The zero-order valence-corrected chi connectivity index (χ0v) is 16.7. The Balaban J connectivity index is 1.82. The van der Waals surface area contributed by atoms with Crippen LogP contribution in [0.4, 0.5) is 0 Å². The Morgan fingerprint density at radius 2 is 2.08 bits per heavy atom. The van der Waals surface area contributed by atoms with Crippen LogP contribution in [-0.4, -0.2) is 52.5 Å². The monoisotopic (exact) mass is 415 g/mol. The highest BCUT2D eigenvalue weighted by atomic mass is 79.9. The third kappa shape index (κ3) is 4.11. The van der Waals surface area contributed by atoms with Crippen molar-refractivity contribution < 1.29 is 4.79 Å². The Bertz CT molecular complexity index is 918. The number of amides is 1. The van der Waals surface area contributed by atoms with E-state index in [0.29, 0.717) is 12.1 Å². The lowest BCUT2D eigenvalue weighted by molar-refractivity contribution is 0.0952. The number of aromatic nitrogens is 3. The second-order valence-electron chi connectivity index (χ2n) is 6.45. The van der Waals surface area contributed by atoms with Gasteiger partial charge in [-0.15, -0.1) is 0 Å². The van der Waals surface area contributed by atoms with Crippen LogP contribution in [0.15, 0.2) is 41.0 Å². The molecule has 1 aromatic carbocycles. The molecule has 0 atom stereocenters. The number of nitrogens with one attached hydrogen (secondary N) is 1. The van der Waals surface area contributed by atoms with Crippen molar-refractivity contribution in [1.82, 2.24) is 24.8 Å². The van der Waals surface area contributed by atoms with Crippen LogP contribution < -0.4 is 5.32 Å². The first-order valence-corrected chi connectivity index (χ1v) is 9.29. The van der Waals surface area contributed by atoms with Crippen molar-refractivity contribution in [3.05, 3.63) is 52.4 Å². The molecule has 136 valence electrons. The lowest BCUT2D eigenvalue weighted by Crippen LogP contribution is -2.27. The van der Waals surface area contributed by atoms with Gasteiger partial charge in [0.15, 0.2) is 0 Å². The Hall–Kier alpha value is -2.25. The molecule has 3 aromatic rings. The SMILES string of the molecule is Cc1nc2cc(C(=O)NCCCN(C)C)ccc2n1-c1ccc(Br)cn1. The summed E-state index contributed by atoms with van der Waals surface area (Å²) in [6.07, 6.45) is 2.68. The highest BCUT2D eigenvalue weighted by Gasteiger charge is 2.13. The molecule has 6 nitrogen and oxygen atoms in total. The Morgan fingerprint density at radius 3 is 2.77 bits per heavy atom. The summed E-state index contributed by atoms with van der Waals surface area (Å²) in [4.78, 5) is 23.5. The minimum Gasteiger partial charge on any atom is -0.352 e. The fraction of sp³-hybridized carbons (Fsp3) is 0.316. The summed E-state index contributed by atoms with van der Waals surface area (Å²) >= 11 is 3.40. The first-order chi connectivity index (χ1) is 12.5. The summed E-state index contributed by atoms with van der Waals surface area (Å²) in [5.41, 5.74) is 2.34. The summed E-state index contributed by atoms with van der Waals surface area (Å²) in [7, 11) is 4.05. The molecule has 0 saturated heterocycles. The van der Waals surface area contributed by atoms with Crippen molar-refractivity contribution in [2.24, 2.45) is 0 Å². The minimum absolute atomic E-state index is 0.0698. The quantitative estimate of drug-likeness (QED) is 0.627. The average molecular weight is 416 g/mol. The van der Waals surface area contributed by atoms with Crippen LogP contribution >= 0.6 is 15.9 Å². The van der Waals surface area contributed by atoms with E-state index < -0.39 is 0 Å². The predicted octanol–water partition coefficient (Wildman–Crippen LogP) is 3.17. The highest BCUT2D eigenvalue weighted by molar-refractivity contribution is 9.10. The molecule has 2 aromatic heterocycles. The zero-order valence-electron chi connectivity index (χ0n) is 15.2. The number of carbonyl (C=O) groups excluding carboxylic acids is 1. The van der Waals surface area contributed by atoms with Crippen molar-refractivity contribution >= 4 is 32.9 Å². The molecule has 0 fully saturated rings. The van der Waals surface area contributed by atoms with Crippen LogP contribution in [0.3, 0.4) is 0 Å². The predicted molar refractivity (Wildman–Crippen MR) is 107 cm³/mol. The van der Waals surface area contributed by atoms with Gasteiger partial charge in [0, 0.05) is 22.8 Å². The van der Waals surface area contributed by atoms with E-state index in [9.17, 15) is 4.79 Å². The highest BCUT2D eigenvalue weighted by Crippen LogP contribution is 2.22. The number of halogens is 1. The van der Waals surface area contributed by atoms with E-state index in [0.717, 1.165) is 40.1 Å². The normalized spacial score (nSPS) is 11.3. The van der Waals surface area contributed by atoms with Gasteiger partial charge in [-0.25, -0.2) is 9.97 Å². The van der Waals surface area contributed by atoms with Crippen LogP contribution in [0, 0.1) is 6.92 Å². The van der Waals surface area contributed by atoms with Crippen LogP contribution in [-0.2, 0) is 0 Å². The van der Waals surface area contributed by atoms with Gasteiger partial charge in [0.1, 0.15) is 11.6 Å². The number of hydrogen-bond donors (Lipinski definition) is 1. The number of benzene rings is 1. The van der Waals surface area contributed by atoms with Crippen molar-refractivity contribution in [1.29, 1.82) is 0 Å². The number of hydrogen-bond acceptors (Lipinski definition) is 4. The molecule has 0 radical (unpaired) electrons. The van der Waals surface area contributed by atoms with Gasteiger partial charge < -0.3 is 10.2 Å². The van der Waals surface area contributed by atoms with E-state index in [4.69, 9.17) is 0 Å². The number of carbonyl (C=O) groups is 1. The molecule has 0 saturated carbocycles. The van der Waals surface area contributed by atoms with Crippen LogP contribution in [0.1, 0.15) is 22.6 Å². The van der Waals surface area contributed by atoms with Gasteiger partial charge >= 0.3 is 0 Å². The summed E-state index contributed by atoms with van der Waals surface area (Å²) < 4.78 is 2.91. The second kappa shape index (κ2) is 7.97. The smallest absolute Gasteiger partial charge is 0.251 e. The van der Waals surface area contributed by atoms with Crippen LogP contribution in [0.25, 0.3) is 16.9 Å². The molecule has 1 N–H and O–H groups in total. The maximum Gasteiger partial charge on any atom is 0.251 e. The Morgan fingerprint density at radius 1 is 1.27 bits per heavy atom. The molecule has 7 heteroatoms. The van der Waals surface area contributed by atoms with Gasteiger partial charge in [-0.2, -0.15) is 0 Å². The molecule has 2 heterocycles. The Labute approximate surface area is 161 Å². The summed E-state index contributed by atoms with van der Waals surface area (Å²) in [6, 6.07) is 9.47. The van der Waals surface area contributed by atoms with Gasteiger partial charge in [-0.05, 0) is 80.2 Å². The fourth-order valence-corrected chi connectivity index (χ4v) is 3.07. The second-order valence-corrected chi connectivity index (χ2v) is 7.36. The van der Waals surface area contributed by atoms with Gasteiger partial charge in [0.25, 0.3) is 5.91 Å². The summed E-state index contributed by atoms with van der Waals surface area (Å²) in [5.74, 6) is 1.56. The summed E-state index contributed by atoms with van der Waals surface area (Å²) in [6.45, 7) is 3.54. The number of aryl methyl sites for hydroxylation is 1. The van der Waals surface area contributed by atoms with Gasteiger partial charge in [-0.3, -0.25) is 9.36 Å². The number of imidazole rings is 1. The van der Waals surface area contributed by atoms with Gasteiger partial charge in [-0.1, -0.05) is 0 Å². The van der Waals surface area contributed by atoms with E-state index >= 15 is 0 Å². The van der Waals surface area contributed by atoms with Crippen LogP contribution in [0.5, 0.6) is 0 Å². The first kappa shape index (κ1) is 18.5. The molecule has 3 rings (SSSR count). The van der Waals surface area contributed by atoms with Crippen molar-refractivity contribution in [2.45, 2.75) is 13.3 Å². The van der Waals surface area contributed by atoms with E-state index in [-0.39, 0.29) is 5.91 Å². The molecule has 0 bridgehead atoms. The third-order valence-electron chi connectivity index (χ3n) is 4.09. The molecular weight excluding hydrogens is 394 g/mol. The number of fused-ring (bicyclic) bond motifs is 1. The first-order valence-electron chi connectivity index (χ1n) is 8.49. The number of rotatable bonds is 6. The van der Waals surface area contributed by atoms with Gasteiger partial charge in [0.2, 0.25) is 0 Å². The summed E-state index contributed by atoms with van der Waals surface area (Å²) in [5, 5.41) is 2.96. The van der Waals surface area contributed by atoms with Crippen molar-refractivity contribution in [2.75, 3.05) is 27.2 Å². The standard InChI is InChI=1S/C19H22BrN5O/c1-13-23-16-11-14(19(26)21-9-4-10-24(2)3)5-7-17(16)25(13)18-8-6-15(20)12-22-18/h5-8,11-12H,4,9-10H2,1-3H3,(H,21,26). The number of nitrogens with zero attached hydrogens (tertiary/aromatic N) is 4. The van der Waals surface area contributed by atoms with E-state index in [1.807, 2.05) is 55.9 Å². The number of pyridine rings is 1.